The largest absolute Gasteiger partial charge is 0.343 e. The number of carbonyl (C=O) groups excluding carboxylic acids is 1. The van der Waals surface area contributed by atoms with Crippen molar-refractivity contribution in [2.75, 3.05) is 32.9 Å². The van der Waals surface area contributed by atoms with Gasteiger partial charge in [0, 0.05) is 50.4 Å². The summed E-state index contributed by atoms with van der Waals surface area (Å²) in [6.45, 7) is 1.17. The summed E-state index contributed by atoms with van der Waals surface area (Å²) in [4.78, 5) is 21.1. The third-order valence-electron chi connectivity index (χ3n) is 6.64. The molecule has 1 unspecified atom stereocenters. The average Bonchev–Trinajstić information content (AvgIpc) is 3.17. The number of hydrogen-bond acceptors (Lipinski definition) is 6. The van der Waals surface area contributed by atoms with Crippen molar-refractivity contribution in [1.29, 1.82) is 5.26 Å². The van der Waals surface area contributed by atoms with E-state index in [0.29, 0.717) is 24.0 Å². The molecule has 2 heterocycles. The van der Waals surface area contributed by atoms with Crippen LogP contribution in [0.4, 0.5) is 0 Å². The second-order valence-electron chi connectivity index (χ2n) is 8.74. The standard InChI is InChI=1S/C25H27ClN4O3S2/c1-28-25-29(2)22(7-11-27)24(34-25)17-8-12-30(13-9-17)23(31)10-14-35(32,33)21-6-4-18-15-20(26)5-3-19(18)16-21/h3-7,15-17,24H,8-10,12-14H2,1-2H3/b22-7+,28-25?. The minimum Gasteiger partial charge on any atom is -0.343 e. The molecule has 184 valence electrons. The van der Waals surface area contributed by atoms with Crippen molar-refractivity contribution in [3.63, 3.8) is 0 Å². The first-order valence-corrected chi connectivity index (χ1v) is 14.3. The summed E-state index contributed by atoms with van der Waals surface area (Å²) in [6, 6.07) is 12.4. The number of piperidine rings is 1. The highest BCUT2D eigenvalue weighted by atomic mass is 35.5. The summed E-state index contributed by atoms with van der Waals surface area (Å²) in [7, 11) is 0.0742. The van der Waals surface area contributed by atoms with Crippen LogP contribution >= 0.6 is 23.4 Å². The number of rotatable bonds is 5. The number of sulfone groups is 1. The number of thioether (sulfide) groups is 1. The molecule has 2 saturated heterocycles. The predicted octanol–water partition coefficient (Wildman–Crippen LogP) is 4.34. The fraction of sp³-hybridized carbons (Fsp3) is 0.400. The molecule has 2 fully saturated rings. The lowest BCUT2D eigenvalue weighted by Gasteiger charge is -2.34. The molecule has 35 heavy (non-hydrogen) atoms. The second kappa shape index (κ2) is 10.6. The minimum atomic E-state index is -3.59. The number of fused-ring (bicyclic) bond motifs is 1. The van der Waals surface area contributed by atoms with Crippen molar-refractivity contribution in [1.82, 2.24) is 9.80 Å². The zero-order valence-corrected chi connectivity index (χ0v) is 22.0. The van der Waals surface area contributed by atoms with E-state index >= 15 is 0 Å². The van der Waals surface area contributed by atoms with Gasteiger partial charge in [-0.25, -0.2) is 8.42 Å². The number of aliphatic imine (C=N–C) groups is 1. The summed E-state index contributed by atoms with van der Waals surface area (Å²) in [6.07, 6.45) is 3.15. The predicted molar refractivity (Wildman–Crippen MR) is 141 cm³/mol. The summed E-state index contributed by atoms with van der Waals surface area (Å²) in [5.74, 6) is -0.0425. The Balaban J connectivity index is 1.35. The van der Waals surface area contributed by atoms with Crippen molar-refractivity contribution in [3.05, 3.63) is 53.2 Å². The van der Waals surface area contributed by atoms with Gasteiger partial charge in [-0.15, -0.1) is 0 Å². The van der Waals surface area contributed by atoms with Crippen LogP contribution in [-0.4, -0.2) is 67.5 Å². The lowest BCUT2D eigenvalue weighted by atomic mass is 9.91. The number of halogens is 1. The van der Waals surface area contributed by atoms with Crippen LogP contribution in [0.25, 0.3) is 10.8 Å². The molecule has 0 saturated carbocycles. The Kier molecular flexibility index (Phi) is 7.74. The van der Waals surface area contributed by atoms with Gasteiger partial charge in [0.25, 0.3) is 0 Å². The number of benzene rings is 2. The highest BCUT2D eigenvalue weighted by molar-refractivity contribution is 8.14. The highest BCUT2D eigenvalue weighted by Gasteiger charge is 2.39. The van der Waals surface area contributed by atoms with Gasteiger partial charge in [0.2, 0.25) is 5.91 Å². The molecule has 0 N–H and O–H groups in total. The van der Waals surface area contributed by atoms with Crippen molar-refractivity contribution >= 4 is 55.0 Å². The van der Waals surface area contributed by atoms with E-state index < -0.39 is 9.84 Å². The number of hydrogen-bond donors (Lipinski definition) is 0. The molecule has 2 aliphatic heterocycles. The maximum atomic E-state index is 12.9. The van der Waals surface area contributed by atoms with Gasteiger partial charge >= 0.3 is 0 Å². The molecule has 0 bridgehead atoms. The minimum absolute atomic E-state index is 0.0429. The number of amides is 1. The number of nitrogens with zero attached hydrogens (tertiary/aromatic N) is 4. The summed E-state index contributed by atoms with van der Waals surface area (Å²) in [5, 5.41) is 12.5. The third-order valence-corrected chi connectivity index (χ3v) is 10.1. The number of allylic oxidation sites excluding steroid dienone is 1. The fourth-order valence-corrected chi connectivity index (χ4v) is 7.53. The molecule has 2 aromatic carbocycles. The van der Waals surface area contributed by atoms with Gasteiger partial charge in [-0.1, -0.05) is 35.5 Å². The molecular weight excluding hydrogens is 504 g/mol. The molecule has 1 atom stereocenters. The van der Waals surface area contributed by atoms with E-state index in [4.69, 9.17) is 11.6 Å². The molecule has 10 heteroatoms. The topological polar surface area (TPSA) is 93.8 Å². The molecule has 2 aliphatic rings. The summed E-state index contributed by atoms with van der Waals surface area (Å²) in [5.41, 5.74) is 0.951. The van der Waals surface area contributed by atoms with Gasteiger partial charge < -0.3 is 9.80 Å². The van der Waals surface area contributed by atoms with Crippen LogP contribution < -0.4 is 0 Å². The van der Waals surface area contributed by atoms with Crippen LogP contribution in [0.1, 0.15) is 19.3 Å². The zero-order valence-electron chi connectivity index (χ0n) is 19.6. The Labute approximate surface area is 215 Å². The number of likely N-dealkylation sites (tertiary alicyclic amines) is 1. The third kappa shape index (κ3) is 5.50. The van der Waals surface area contributed by atoms with Gasteiger partial charge in [-0.2, -0.15) is 5.26 Å². The van der Waals surface area contributed by atoms with Gasteiger partial charge in [0.15, 0.2) is 15.0 Å². The molecular formula is C25H27ClN4O3S2. The van der Waals surface area contributed by atoms with Gasteiger partial charge in [-0.3, -0.25) is 9.79 Å². The monoisotopic (exact) mass is 530 g/mol. The molecule has 0 aliphatic carbocycles. The van der Waals surface area contributed by atoms with E-state index in [1.54, 1.807) is 66.2 Å². The highest BCUT2D eigenvalue weighted by Crippen LogP contribution is 2.41. The lowest BCUT2D eigenvalue weighted by molar-refractivity contribution is -0.132. The molecule has 1 amide bonds. The lowest BCUT2D eigenvalue weighted by Crippen LogP contribution is -2.41. The van der Waals surface area contributed by atoms with Crippen LogP contribution in [0.5, 0.6) is 0 Å². The van der Waals surface area contributed by atoms with E-state index in [-0.39, 0.29) is 28.2 Å². The molecule has 0 aromatic heterocycles. The normalized spacial score (nSPS) is 21.7. The van der Waals surface area contributed by atoms with Gasteiger partial charge in [0.05, 0.1) is 22.0 Å². The first kappa shape index (κ1) is 25.5. The van der Waals surface area contributed by atoms with E-state index in [0.717, 1.165) is 34.5 Å². The molecule has 0 spiro atoms. The molecule has 2 aromatic rings. The van der Waals surface area contributed by atoms with Crippen molar-refractivity contribution < 1.29 is 13.2 Å². The SMILES string of the molecule is CN=C1SC(C2CCN(C(=O)CCS(=O)(=O)c3ccc4cc(Cl)ccc4c3)CC2)/C(=C\C#N)N1C. The summed E-state index contributed by atoms with van der Waals surface area (Å²) < 4.78 is 25.8. The fourth-order valence-electron chi connectivity index (χ4n) is 4.68. The average molecular weight is 531 g/mol. The Bertz CT molecular complexity index is 1340. The van der Waals surface area contributed by atoms with E-state index in [2.05, 4.69) is 11.1 Å². The Morgan fingerprint density at radius 3 is 2.60 bits per heavy atom. The molecule has 4 rings (SSSR count). The zero-order chi connectivity index (χ0) is 25.2. The number of nitriles is 1. The molecule has 7 nitrogen and oxygen atoms in total. The first-order valence-electron chi connectivity index (χ1n) is 11.4. The Morgan fingerprint density at radius 2 is 1.91 bits per heavy atom. The van der Waals surface area contributed by atoms with Crippen molar-refractivity contribution in [2.45, 2.75) is 29.4 Å². The summed E-state index contributed by atoms with van der Waals surface area (Å²) >= 11 is 7.67. The quantitative estimate of drug-likeness (QED) is 0.534. The van der Waals surface area contributed by atoms with Gasteiger partial charge in [0.1, 0.15) is 0 Å². The number of amidine groups is 1. The smallest absolute Gasteiger partial charge is 0.223 e. The van der Waals surface area contributed by atoms with E-state index in [1.165, 1.54) is 0 Å². The van der Waals surface area contributed by atoms with Crippen LogP contribution in [-0.2, 0) is 14.6 Å². The van der Waals surface area contributed by atoms with Crippen LogP contribution in [0.2, 0.25) is 5.02 Å². The maximum Gasteiger partial charge on any atom is 0.223 e. The maximum absolute atomic E-state index is 12.9. The van der Waals surface area contributed by atoms with Gasteiger partial charge in [-0.05, 0) is 53.8 Å². The molecule has 0 radical (unpaired) electrons. The van der Waals surface area contributed by atoms with Crippen LogP contribution in [0.3, 0.4) is 0 Å². The van der Waals surface area contributed by atoms with Crippen LogP contribution in [0, 0.1) is 17.2 Å². The number of carbonyl (C=O) groups is 1. The Hall–Kier alpha value is -2.54. The van der Waals surface area contributed by atoms with E-state index in [9.17, 15) is 18.5 Å². The van der Waals surface area contributed by atoms with E-state index in [1.807, 2.05) is 11.9 Å². The van der Waals surface area contributed by atoms with Crippen LogP contribution in [0.15, 0.2) is 58.1 Å². The second-order valence-corrected chi connectivity index (χ2v) is 12.4. The van der Waals surface area contributed by atoms with Crippen molar-refractivity contribution in [3.8, 4) is 6.07 Å². The van der Waals surface area contributed by atoms with Crippen molar-refractivity contribution in [2.24, 2.45) is 10.9 Å². The Morgan fingerprint density at radius 1 is 1.23 bits per heavy atom. The first-order chi connectivity index (χ1) is 16.7.